The predicted molar refractivity (Wildman–Crippen MR) is 139 cm³/mol. The maximum atomic E-state index is 4.40. The monoisotopic (exact) mass is 465 g/mol. The molecule has 0 aliphatic carbocycles. The first-order valence-corrected chi connectivity index (χ1v) is 12.8. The fraction of sp³-hybridized carbons (Fsp3) is 0.556. The minimum atomic E-state index is 0.756. The van der Waals surface area contributed by atoms with E-state index in [1.807, 2.05) is 12.4 Å². The Hall–Kier alpha value is -2.48. The number of aromatic nitrogens is 4. The molecule has 0 amide bonds. The standard InChI is InChI=1S/C27H43N7/c1-4-16-33(17-5-2)19-7-6-18-32(3)20-24-8-10-25(11-9-24)21-34(22-26-28-12-13-29-26)23-27-30-14-15-31-27/h8-15H,4-7,16-23H2,1-3H3,(H,28,29)(H,30,31). The highest BCUT2D eigenvalue weighted by molar-refractivity contribution is 5.22. The van der Waals surface area contributed by atoms with Crippen molar-refractivity contribution in [3.63, 3.8) is 0 Å². The van der Waals surface area contributed by atoms with Crippen LogP contribution < -0.4 is 0 Å². The number of nitrogens with zero attached hydrogens (tertiary/aromatic N) is 5. The Morgan fingerprint density at radius 2 is 1.18 bits per heavy atom. The second-order valence-corrected chi connectivity index (χ2v) is 9.32. The van der Waals surface area contributed by atoms with Crippen LogP contribution in [0, 0.1) is 0 Å². The van der Waals surface area contributed by atoms with Crippen LogP contribution in [-0.4, -0.2) is 67.9 Å². The molecule has 0 unspecified atom stereocenters. The molecule has 0 aliphatic heterocycles. The molecule has 2 aromatic heterocycles. The van der Waals surface area contributed by atoms with Gasteiger partial charge >= 0.3 is 0 Å². The van der Waals surface area contributed by atoms with Gasteiger partial charge in [-0.1, -0.05) is 38.1 Å². The van der Waals surface area contributed by atoms with Gasteiger partial charge in [0, 0.05) is 37.9 Å². The van der Waals surface area contributed by atoms with Gasteiger partial charge in [0.05, 0.1) is 13.1 Å². The van der Waals surface area contributed by atoms with Crippen molar-refractivity contribution in [1.29, 1.82) is 0 Å². The SMILES string of the molecule is CCCN(CCC)CCCCN(C)Cc1ccc(CN(Cc2ncc[nH]2)Cc2ncc[nH]2)cc1. The maximum absolute atomic E-state index is 4.40. The summed E-state index contributed by atoms with van der Waals surface area (Å²) in [5.74, 6) is 1.94. The Bertz CT molecular complexity index is 832. The Kier molecular flexibility index (Phi) is 11.3. The second kappa shape index (κ2) is 14.7. The van der Waals surface area contributed by atoms with Gasteiger partial charge in [0.25, 0.3) is 0 Å². The number of hydrogen-bond donors (Lipinski definition) is 2. The van der Waals surface area contributed by atoms with E-state index >= 15 is 0 Å². The summed E-state index contributed by atoms with van der Waals surface area (Å²) in [4.78, 5) is 22.6. The van der Waals surface area contributed by atoms with E-state index in [1.165, 1.54) is 56.4 Å². The summed E-state index contributed by atoms with van der Waals surface area (Å²) in [6.07, 6.45) is 12.4. The number of unbranched alkanes of at least 4 members (excludes halogenated alkanes) is 1. The number of H-pyrrole nitrogens is 2. The first-order chi connectivity index (χ1) is 16.7. The molecule has 34 heavy (non-hydrogen) atoms. The molecule has 0 radical (unpaired) electrons. The zero-order valence-electron chi connectivity index (χ0n) is 21.3. The summed E-state index contributed by atoms with van der Waals surface area (Å²) in [7, 11) is 2.23. The molecule has 0 spiro atoms. The van der Waals surface area contributed by atoms with Crippen LogP contribution in [0.4, 0.5) is 0 Å². The lowest BCUT2D eigenvalue weighted by Crippen LogP contribution is -2.27. The van der Waals surface area contributed by atoms with Crippen molar-refractivity contribution in [2.75, 3.05) is 33.2 Å². The molecule has 2 heterocycles. The summed E-state index contributed by atoms with van der Waals surface area (Å²) in [5.41, 5.74) is 2.67. The van der Waals surface area contributed by atoms with Crippen molar-refractivity contribution in [1.82, 2.24) is 34.6 Å². The smallest absolute Gasteiger partial charge is 0.120 e. The van der Waals surface area contributed by atoms with Gasteiger partial charge in [-0.15, -0.1) is 0 Å². The molecule has 2 N–H and O–H groups in total. The van der Waals surface area contributed by atoms with Crippen LogP contribution in [0.25, 0.3) is 0 Å². The average Bonchev–Trinajstić information content (AvgIpc) is 3.53. The van der Waals surface area contributed by atoms with E-state index in [2.05, 4.69) is 79.8 Å². The molecule has 7 nitrogen and oxygen atoms in total. The van der Waals surface area contributed by atoms with Gasteiger partial charge in [0.1, 0.15) is 11.6 Å². The fourth-order valence-corrected chi connectivity index (χ4v) is 4.44. The number of rotatable bonds is 17. The number of aromatic amines is 2. The van der Waals surface area contributed by atoms with Crippen molar-refractivity contribution >= 4 is 0 Å². The molecule has 0 saturated carbocycles. The van der Waals surface area contributed by atoms with Crippen LogP contribution in [-0.2, 0) is 26.2 Å². The van der Waals surface area contributed by atoms with Gasteiger partial charge in [-0.2, -0.15) is 0 Å². The maximum Gasteiger partial charge on any atom is 0.120 e. The van der Waals surface area contributed by atoms with Gasteiger partial charge < -0.3 is 19.8 Å². The molecule has 0 aliphatic rings. The third-order valence-electron chi connectivity index (χ3n) is 6.08. The van der Waals surface area contributed by atoms with E-state index in [9.17, 15) is 0 Å². The predicted octanol–water partition coefficient (Wildman–Crippen LogP) is 4.67. The summed E-state index contributed by atoms with van der Waals surface area (Å²) in [5, 5.41) is 0. The zero-order valence-corrected chi connectivity index (χ0v) is 21.3. The Morgan fingerprint density at radius 1 is 0.647 bits per heavy atom. The topological polar surface area (TPSA) is 67.1 Å². The van der Waals surface area contributed by atoms with E-state index in [-0.39, 0.29) is 0 Å². The van der Waals surface area contributed by atoms with Gasteiger partial charge in [-0.05, 0) is 70.0 Å². The largest absolute Gasteiger partial charge is 0.348 e. The Balaban J connectivity index is 1.44. The van der Waals surface area contributed by atoms with Gasteiger partial charge in [0.2, 0.25) is 0 Å². The minimum Gasteiger partial charge on any atom is -0.348 e. The quantitative estimate of drug-likeness (QED) is 0.284. The Labute approximate surface area is 205 Å². The van der Waals surface area contributed by atoms with Crippen LogP contribution in [0.15, 0.2) is 49.1 Å². The van der Waals surface area contributed by atoms with Crippen molar-refractivity contribution in [3.8, 4) is 0 Å². The fourth-order valence-electron chi connectivity index (χ4n) is 4.44. The third-order valence-corrected chi connectivity index (χ3v) is 6.08. The molecular weight excluding hydrogens is 422 g/mol. The normalized spacial score (nSPS) is 11.8. The number of imidazole rings is 2. The molecule has 7 heteroatoms. The molecule has 0 saturated heterocycles. The Morgan fingerprint density at radius 3 is 1.68 bits per heavy atom. The molecule has 186 valence electrons. The summed E-state index contributed by atoms with van der Waals surface area (Å²) in [6, 6.07) is 9.06. The molecule has 1 aromatic carbocycles. The first-order valence-electron chi connectivity index (χ1n) is 12.8. The van der Waals surface area contributed by atoms with E-state index in [0.717, 1.165) is 44.4 Å². The highest BCUT2D eigenvalue weighted by Crippen LogP contribution is 2.13. The van der Waals surface area contributed by atoms with Crippen molar-refractivity contribution < 1.29 is 0 Å². The van der Waals surface area contributed by atoms with E-state index in [1.54, 1.807) is 12.4 Å². The summed E-state index contributed by atoms with van der Waals surface area (Å²) >= 11 is 0. The third kappa shape index (κ3) is 9.41. The lowest BCUT2D eigenvalue weighted by Gasteiger charge is -2.22. The molecule has 0 fully saturated rings. The first kappa shape index (κ1) is 26.1. The van der Waals surface area contributed by atoms with Crippen molar-refractivity contribution in [2.24, 2.45) is 0 Å². The minimum absolute atomic E-state index is 0.756. The van der Waals surface area contributed by atoms with Gasteiger partial charge in [-0.3, -0.25) is 4.90 Å². The summed E-state index contributed by atoms with van der Waals surface area (Å²) in [6.45, 7) is 12.8. The molecule has 3 aromatic rings. The van der Waals surface area contributed by atoms with Gasteiger partial charge in [0.15, 0.2) is 0 Å². The van der Waals surface area contributed by atoms with Gasteiger partial charge in [-0.25, -0.2) is 9.97 Å². The molecule has 3 rings (SSSR count). The van der Waals surface area contributed by atoms with E-state index in [0.29, 0.717) is 0 Å². The highest BCUT2D eigenvalue weighted by atomic mass is 15.2. The number of nitrogens with one attached hydrogen (secondary N) is 2. The van der Waals surface area contributed by atoms with Crippen molar-refractivity contribution in [3.05, 3.63) is 71.8 Å². The lowest BCUT2D eigenvalue weighted by atomic mass is 10.1. The van der Waals surface area contributed by atoms with E-state index < -0.39 is 0 Å². The summed E-state index contributed by atoms with van der Waals surface area (Å²) < 4.78 is 0. The van der Waals surface area contributed by atoms with Crippen LogP contribution in [0.2, 0.25) is 0 Å². The van der Waals surface area contributed by atoms with Crippen molar-refractivity contribution in [2.45, 2.75) is 65.7 Å². The van der Waals surface area contributed by atoms with Crippen LogP contribution in [0.5, 0.6) is 0 Å². The average molecular weight is 466 g/mol. The van der Waals surface area contributed by atoms with E-state index in [4.69, 9.17) is 0 Å². The molecular formula is C27H43N7. The van der Waals surface area contributed by atoms with Crippen LogP contribution >= 0.6 is 0 Å². The lowest BCUT2D eigenvalue weighted by molar-refractivity contribution is 0.236. The number of hydrogen-bond acceptors (Lipinski definition) is 5. The van der Waals surface area contributed by atoms with Crippen LogP contribution in [0.1, 0.15) is 62.3 Å². The molecule has 0 atom stereocenters. The second-order valence-electron chi connectivity index (χ2n) is 9.32. The van der Waals surface area contributed by atoms with Crippen LogP contribution in [0.3, 0.4) is 0 Å². The highest BCUT2D eigenvalue weighted by Gasteiger charge is 2.11. The zero-order chi connectivity index (χ0) is 24.0. The molecule has 0 bridgehead atoms. The number of benzene rings is 1.